The van der Waals surface area contributed by atoms with Crippen molar-refractivity contribution in [2.75, 3.05) is 19.0 Å². The lowest BCUT2D eigenvalue weighted by Crippen LogP contribution is -2.51. The molecule has 1 N–H and O–H groups in total. The van der Waals surface area contributed by atoms with Crippen LogP contribution in [0, 0.1) is 0 Å². The van der Waals surface area contributed by atoms with Gasteiger partial charge in [0.25, 0.3) is 0 Å². The molecule has 0 fully saturated rings. The van der Waals surface area contributed by atoms with E-state index in [-0.39, 0.29) is 12.6 Å². The van der Waals surface area contributed by atoms with Crippen LogP contribution in [0.15, 0.2) is 54.6 Å². The summed E-state index contributed by atoms with van der Waals surface area (Å²) in [5.41, 5.74) is 0.596. The average Bonchev–Trinajstić information content (AvgIpc) is 2.54. The minimum Gasteiger partial charge on any atom is -0.488 e. The summed E-state index contributed by atoms with van der Waals surface area (Å²) in [4.78, 5) is 12.3. The van der Waals surface area contributed by atoms with Gasteiger partial charge >= 0.3 is 5.97 Å². The third-order valence-corrected chi connectivity index (χ3v) is 3.48. The van der Waals surface area contributed by atoms with Gasteiger partial charge in [-0.05, 0) is 17.7 Å². The normalized spacial score (nSPS) is 20.2. The Labute approximate surface area is 117 Å². The smallest absolute Gasteiger partial charge is 0.339 e. The fourth-order valence-corrected chi connectivity index (χ4v) is 2.43. The van der Waals surface area contributed by atoms with Crippen molar-refractivity contribution in [2.24, 2.45) is 0 Å². The van der Waals surface area contributed by atoms with Crippen LogP contribution in [0.25, 0.3) is 0 Å². The van der Waals surface area contributed by atoms with Gasteiger partial charge in [-0.15, -0.1) is 0 Å². The Morgan fingerprint density at radius 2 is 1.85 bits per heavy atom. The number of ether oxygens (including phenoxy) is 2. The van der Waals surface area contributed by atoms with Gasteiger partial charge in [0.1, 0.15) is 12.4 Å². The number of para-hydroxylation sites is 2. The van der Waals surface area contributed by atoms with Gasteiger partial charge in [-0.1, -0.05) is 42.5 Å². The number of anilines is 1. The fourth-order valence-electron chi connectivity index (χ4n) is 2.43. The predicted octanol–water partition coefficient (Wildman–Crippen LogP) is 2.56. The lowest BCUT2D eigenvalue weighted by atomic mass is 9.89. The van der Waals surface area contributed by atoms with E-state index in [0.29, 0.717) is 0 Å². The van der Waals surface area contributed by atoms with E-state index in [4.69, 9.17) is 9.47 Å². The first-order valence-corrected chi connectivity index (χ1v) is 6.40. The highest BCUT2D eigenvalue weighted by molar-refractivity contribution is 5.88. The van der Waals surface area contributed by atoms with Crippen LogP contribution in [0.3, 0.4) is 0 Å². The number of fused-ring (bicyclic) bond motifs is 1. The first kappa shape index (κ1) is 12.5. The topological polar surface area (TPSA) is 47.6 Å². The molecule has 2 aromatic carbocycles. The van der Waals surface area contributed by atoms with Crippen LogP contribution in [0.5, 0.6) is 5.75 Å². The van der Waals surface area contributed by atoms with Crippen LogP contribution in [0.1, 0.15) is 5.56 Å². The Hall–Kier alpha value is -2.49. The molecule has 1 heterocycles. The molecule has 102 valence electrons. The molecule has 0 aliphatic carbocycles. The Kier molecular flexibility index (Phi) is 3.06. The number of nitrogens with one attached hydrogen (secondary N) is 1. The lowest BCUT2D eigenvalue weighted by molar-refractivity contribution is -0.148. The first-order chi connectivity index (χ1) is 9.76. The van der Waals surface area contributed by atoms with Crippen LogP contribution in [0.2, 0.25) is 0 Å². The molecule has 3 rings (SSSR count). The van der Waals surface area contributed by atoms with E-state index in [2.05, 4.69) is 5.32 Å². The number of benzene rings is 2. The Morgan fingerprint density at radius 3 is 2.60 bits per heavy atom. The van der Waals surface area contributed by atoms with Crippen molar-refractivity contribution in [1.82, 2.24) is 0 Å². The quantitative estimate of drug-likeness (QED) is 0.851. The van der Waals surface area contributed by atoms with Gasteiger partial charge in [-0.2, -0.15) is 0 Å². The second kappa shape index (κ2) is 4.89. The predicted molar refractivity (Wildman–Crippen MR) is 75.7 cm³/mol. The van der Waals surface area contributed by atoms with Gasteiger partial charge in [0, 0.05) is 0 Å². The molecule has 1 aliphatic heterocycles. The number of hydrogen-bond acceptors (Lipinski definition) is 4. The fraction of sp³-hybridized carbons (Fsp3) is 0.188. The number of carbonyl (C=O) groups is 1. The minimum absolute atomic E-state index is 0.195. The van der Waals surface area contributed by atoms with Crippen LogP contribution in [-0.4, -0.2) is 19.7 Å². The third kappa shape index (κ3) is 1.90. The van der Waals surface area contributed by atoms with Gasteiger partial charge in [0.05, 0.1) is 12.8 Å². The summed E-state index contributed by atoms with van der Waals surface area (Å²) >= 11 is 0. The third-order valence-electron chi connectivity index (χ3n) is 3.48. The highest BCUT2D eigenvalue weighted by atomic mass is 16.5. The molecule has 1 atom stereocenters. The van der Waals surface area contributed by atoms with E-state index in [1.54, 1.807) is 0 Å². The van der Waals surface area contributed by atoms with Crippen LogP contribution < -0.4 is 10.1 Å². The molecule has 0 bridgehead atoms. The number of hydrogen-bond donors (Lipinski definition) is 1. The SMILES string of the molecule is COC(=O)C1(c2ccccc2)COc2ccccc2N1. The number of carbonyl (C=O) groups excluding carboxylic acids is 1. The molecular formula is C16H15NO3. The molecule has 0 radical (unpaired) electrons. The molecule has 1 unspecified atom stereocenters. The monoisotopic (exact) mass is 269 g/mol. The Bertz CT molecular complexity index is 627. The molecule has 0 saturated heterocycles. The summed E-state index contributed by atoms with van der Waals surface area (Å²) in [6.07, 6.45) is 0. The zero-order valence-electron chi connectivity index (χ0n) is 11.1. The molecule has 0 aromatic heterocycles. The number of methoxy groups -OCH3 is 1. The summed E-state index contributed by atoms with van der Waals surface area (Å²) < 4.78 is 10.7. The molecule has 0 amide bonds. The maximum atomic E-state index is 12.3. The van der Waals surface area contributed by atoms with E-state index in [9.17, 15) is 4.79 Å². The van der Waals surface area contributed by atoms with Crippen molar-refractivity contribution in [2.45, 2.75) is 5.54 Å². The van der Waals surface area contributed by atoms with Gasteiger partial charge in [0.15, 0.2) is 5.54 Å². The number of rotatable bonds is 2. The van der Waals surface area contributed by atoms with E-state index >= 15 is 0 Å². The van der Waals surface area contributed by atoms with Crippen molar-refractivity contribution in [3.8, 4) is 5.75 Å². The molecule has 4 nitrogen and oxygen atoms in total. The van der Waals surface area contributed by atoms with E-state index in [0.717, 1.165) is 17.0 Å². The van der Waals surface area contributed by atoms with Gasteiger partial charge in [-0.3, -0.25) is 0 Å². The Morgan fingerprint density at radius 1 is 1.15 bits per heavy atom. The maximum Gasteiger partial charge on any atom is 0.339 e. The number of esters is 1. The molecular weight excluding hydrogens is 254 g/mol. The largest absolute Gasteiger partial charge is 0.488 e. The maximum absolute atomic E-state index is 12.3. The summed E-state index contributed by atoms with van der Waals surface area (Å²) in [6.45, 7) is 0.195. The summed E-state index contributed by atoms with van der Waals surface area (Å²) in [5, 5.41) is 3.28. The van der Waals surface area contributed by atoms with Crippen molar-refractivity contribution in [1.29, 1.82) is 0 Å². The van der Waals surface area contributed by atoms with Crippen LogP contribution >= 0.6 is 0 Å². The molecule has 20 heavy (non-hydrogen) atoms. The highest BCUT2D eigenvalue weighted by Gasteiger charge is 2.45. The second-order valence-corrected chi connectivity index (χ2v) is 4.67. The van der Waals surface area contributed by atoms with Gasteiger partial charge < -0.3 is 14.8 Å². The van der Waals surface area contributed by atoms with E-state index in [1.165, 1.54) is 7.11 Å². The summed E-state index contributed by atoms with van der Waals surface area (Å²) in [6, 6.07) is 17.0. The molecule has 2 aromatic rings. The van der Waals surface area contributed by atoms with Crippen LogP contribution in [-0.2, 0) is 15.1 Å². The zero-order chi connectivity index (χ0) is 14.0. The minimum atomic E-state index is -1.01. The van der Waals surface area contributed by atoms with Crippen molar-refractivity contribution in [3.63, 3.8) is 0 Å². The zero-order valence-corrected chi connectivity index (χ0v) is 11.1. The molecule has 0 saturated carbocycles. The van der Waals surface area contributed by atoms with Gasteiger partial charge in [-0.25, -0.2) is 4.79 Å². The summed E-state index contributed by atoms with van der Waals surface area (Å²) in [7, 11) is 1.38. The van der Waals surface area contributed by atoms with Crippen molar-refractivity contribution in [3.05, 3.63) is 60.2 Å². The summed E-state index contributed by atoms with van der Waals surface area (Å²) in [5.74, 6) is 0.376. The van der Waals surface area contributed by atoms with E-state index in [1.807, 2.05) is 54.6 Å². The molecule has 4 heteroatoms. The van der Waals surface area contributed by atoms with Crippen molar-refractivity contribution < 1.29 is 14.3 Å². The molecule has 1 aliphatic rings. The Balaban J connectivity index is 2.08. The van der Waals surface area contributed by atoms with Gasteiger partial charge in [0.2, 0.25) is 0 Å². The van der Waals surface area contributed by atoms with Crippen LogP contribution in [0.4, 0.5) is 5.69 Å². The standard InChI is InChI=1S/C16H15NO3/c1-19-15(18)16(12-7-3-2-4-8-12)11-20-14-10-6-5-9-13(14)17-16/h2-10,17H,11H2,1H3. The van der Waals surface area contributed by atoms with E-state index < -0.39 is 5.54 Å². The highest BCUT2D eigenvalue weighted by Crippen LogP contribution is 2.37. The molecule has 0 spiro atoms. The second-order valence-electron chi connectivity index (χ2n) is 4.67. The first-order valence-electron chi connectivity index (χ1n) is 6.40. The van der Waals surface area contributed by atoms with Crippen molar-refractivity contribution >= 4 is 11.7 Å². The lowest BCUT2D eigenvalue weighted by Gasteiger charge is -2.37. The average molecular weight is 269 g/mol.